The fourth-order valence-corrected chi connectivity index (χ4v) is 4.95. The lowest BCUT2D eigenvalue weighted by atomic mass is 10.1. The van der Waals surface area contributed by atoms with Gasteiger partial charge >= 0.3 is 5.97 Å². The van der Waals surface area contributed by atoms with Crippen LogP contribution in [0.5, 0.6) is 0 Å². The average molecular weight is 399 g/mol. The Morgan fingerprint density at radius 3 is 2.29 bits per heavy atom. The molecule has 28 heavy (non-hydrogen) atoms. The number of esters is 1. The minimum atomic E-state index is -3.90. The number of ketones is 1. The third-order valence-corrected chi connectivity index (χ3v) is 6.19. The summed E-state index contributed by atoms with van der Waals surface area (Å²) >= 11 is 0. The van der Waals surface area contributed by atoms with Crippen LogP contribution in [-0.4, -0.2) is 31.0 Å². The van der Waals surface area contributed by atoms with Gasteiger partial charge in [-0.15, -0.1) is 0 Å². The number of hydrogen-bond acceptors (Lipinski definition) is 5. The molecule has 1 aliphatic heterocycles. The predicted octanol–water partition coefficient (Wildman–Crippen LogP) is 3.14. The number of Topliss-reactive ketones (excluding diaryl/α,β-unsaturated/α-hetero) is 1. The number of sulfonamides is 1. The summed E-state index contributed by atoms with van der Waals surface area (Å²) in [7, 11) is -3.90. The van der Waals surface area contributed by atoms with Crippen molar-refractivity contribution in [1.82, 2.24) is 4.31 Å². The van der Waals surface area contributed by atoms with E-state index in [0.717, 1.165) is 9.87 Å². The van der Waals surface area contributed by atoms with Gasteiger partial charge < -0.3 is 4.74 Å². The van der Waals surface area contributed by atoms with Gasteiger partial charge in [-0.3, -0.25) is 13.9 Å². The van der Waals surface area contributed by atoms with Crippen LogP contribution in [0.4, 0.5) is 0 Å². The quantitative estimate of drug-likeness (QED) is 0.697. The van der Waals surface area contributed by atoms with E-state index in [1.54, 1.807) is 30.3 Å². The number of benzene rings is 2. The molecule has 0 aromatic heterocycles. The molecule has 0 atom stereocenters. The van der Waals surface area contributed by atoms with E-state index in [1.165, 1.54) is 13.0 Å². The van der Waals surface area contributed by atoms with Crippen LogP contribution in [0.15, 0.2) is 65.2 Å². The van der Waals surface area contributed by atoms with Crippen LogP contribution in [0.25, 0.3) is 5.76 Å². The Hall–Kier alpha value is -2.93. The summed E-state index contributed by atoms with van der Waals surface area (Å²) in [5.74, 6) is -1.05. The van der Waals surface area contributed by atoms with Crippen LogP contribution in [0.3, 0.4) is 0 Å². The van der Waals surface area contributed by atoms with Crippen molar-refractivity contribution in [3.05, 3.63) is 71.4 Å². The van der Waals surface area contributed by atoms with Crippen LogP contribution in [0.1, 0.15) is 31.4 Å². The Morgan fingerprint density at radius 1 is 1.00 bits per heavy atom. The van der Waals surface area contributed by atoms with Crippen molar-refractivity contribution in [2.45, 2.75) is 31.6 Å². The van der Waals surface area contributed by atoms with Gasteiger partial charge in [-0.05, 0) is 24.1 Å². The summed E-state index contributed by atoms with van der Waals surface area (Å²) in [5, 5.41) is 0. The third kappa shape index (κ3) is 3.71. The normalized spacial score (nSPS) is 15.1. The molecule has 7 heteroatoms. The monoisotopic (exact) mass is 399 g/mol. The second-order valence-corrected chi connectivity index (χ2v) is 8.27. The topological polar surface area (TPSA) is 80.8 Å². The summed E-state index contributed by atoms with van der Waals surface area (Å²) in [4.78, 5) is 24.9. The van der Waals surface area contributed by atoms with Crippen molar-refractivity contribution in [2.75, 3.05) is 6.54 Å². The molecule has 0 radical (unpaired) electrons. The molecule has 0 bridgehead atoms. The van der Waals surface area contributed by atoms with Crippen molar-refractivity contribution in [2.24, 2.45) is 0 Å². The highest BCUT2D eigenvalue weighted by Gasteiger charge is 2.39. The van der Waals surface area contributed by atoms with Crippen LogP contribution in [-0.2, 0) is 30.8 Å². The average Bonchev–Trinajstić information content (AvgIpc) is 2.66. The number of nitrogens with zero attached hydrogens (tertiary/aromatic N) is 1. The molecule has 0 unspecified atom stereocenters. The van der Waals surface area contributed by atoms with Gasteiger partial charge in [0, 0.05) is 19.0 Å². The molecule has 1 heterocycles. The molecule has 0 saturated heterocycles. The van der Waals surface area contributed by atoms with Crippen molar-refractivity contribution in [3.8, 4) is 0 Å². The van der Waals surface area contributed by atoms with E-state index in [1.807, 2.05) is 25.1 Å². The Labute approximate surface area is 164 Å². The maximum atomic E-state index is 13.0. The molecule has 0 fully saturated rings. The largest absolute Gasteiger partial charge is 0.423 e. The Morgan fingerprint density at radius 2 is 1.64 bits per heavy atom. The molecular formula is C21H21NO5S. The smallest absolute Gasteiger partial charge is 0.315 e. The molecule has 1 aliphatic rings. The minimum absolute atomic E-state index is 0.00712. The number of carbonyl (C=O) groups excluding carboxylic acids is 2. The molecule has 146 valence electrons. The summed E-state index contributed by atoms with van der Waals surface area (Å²) in [6.45, 7) is 3.20. The van der Waals surface area contributed by atoms with E-state index in [4.69, 9.17) is 4.74 Å². The summed E-state index contributed by atoms with van der Waals surface area (Å²) < 4.78 is 32.7. The molecule has 0 N–H and O–H groups in total. The van der Waals surface area contributed by atoms with Crippen molar-refractivity contribution >= 4 is 27.5 Å². The number of allylic oxidation sites excluding steroid dienone is 1. The zero-order valence-corrected chi connectivity index (χ0v) is 16.5. The molecule has 0 aliphatic carbocycles. The van der Waals surface area contributed by atoms with Crippen LogP contribution < -0.4 is 0 Å². The minimum Gasteiger partial charge on any atom is -0.423 e. The molecule has 2 aromatic carbocycles. The number of rotatable bonds is 6. The van der Waals surface area contributed by atoms with Crippen molar-refractivity contribution in [3.63, 3.8) is 0 Å². The van der Waals surface area contributed by atoms with Gasteiger partial charge in [-0.25, -0.2) is 8.42 Å². The Balaban J connectivity index is 2.09. The van der Waals surface area contributed by atoms with E-state index in [9.17, 15) is 18.0 Å². The van der Waals surface area contributed by atoms with Crippen LogP contribution >= 0.6 is 0 Å². The molecule has 0 spiro atoms. The molecule has 2 aromatic rings. The van der Waals surface area contributed by atoms with E-state index in [2.05, 4.69) is 0 Å². The highest BCUT2D eigenvalue weighted by atomic mass is 32.2. The van der Waals surface area contributed by atoms with E-state index in [0.29, 0.717) is 6.42 Å². The first kappa shape index (κ1) is 19.8. The third-order valence-electron chi connectivity index (χ3n) is 4.33. The SMILES string of the molecule is CCCN1C(C(C)=O)=C(OC(=O)Cc2ccccc2)c2ccccc2S1(=O)=O. The van der Waals surface area contributed by atoms with Gasteiger partial charge in [-0.2, -0.15) is 0 Å². The summed E-state index contributed by atoms with van der Waals surface area (Å²) in [6, 6.07) is 15.3. The Kier molecular flexibility index (Phi) is 5.65. The van der Waals surface area contributed by atoms with Crippen LogP contribution in [0, 0.1) is 0 Å². The van der Waals surface area contributed by atoms with Gasteiger partial charge in [0.2, 0.25) is 0 Å². The maximum absolute atomic E-state index is 13.0. The van der Waals surface area contributed by atoms with Gasteiger partial charge in [0.25, 0.3) is 10.0 Å². The molecule has 0 amide bonds. The zero-order valence-electron chi connectivity index (χ0n) is 15.7. The fourth-order valence-electron chi connectivity index (χ4n) is 3.15. The number of hydrogen-bond donors (Lipinski definition) is 0. The van der Waals surface area contributed by atoms with Gasteiger partial charge in [-0.1, -0.05) is 49.4 Å². The number of carbonyl (C=O) groups is 2. The first-order valence-corrected chi connectivity index (χ1v) is 10.4. The van der Waals surface area contributed by atoms with Crippen LogP contribution in [0.2, 0.25) is 0 Å². The number of ether oxygens (including phenoxy) is 1. The van der Waals surface area contributed by atoms with Gasteiger partial charge in [0.15, 0.2) is 11.5 Å². The first-order valence-electron chi connectivity index (χ1n) is 8.98. The second kappa shape index (κ2) is 7.98. The lowest BCUT2D eigenvalue weighted by Crippen LogP contribution is -2.38. The summed E-state index contributed by atoms with van der Waals surface area (Å²) in [6.07, 6.45) is 0.516. The van der Waals surface area contributed by atoms with E-state index < -0.39 is 21.8 Å². The van der Waals surface area contributed by atoms with E-state index >= 15 is 0 Å². The molecule has 0 saturated carbocycles. The maximum Gasteiger partial charge on any atom is 0.315 e. The highest BCUT2D eigenvalue weighted by molar-refractivity contribution is 7.89. The lowest BCUT2D eigenvalue weighted by molar-refractivity contribution is -0.136. The summed E-state index contributed by atoms with van der Waals surface area (Å²) in [5.41, 5.74) is 0.878. The molecule has 6 nitrogen and oxygen atoms in total. The zero-order chi connectivity index (χ0) is 20.3. The molecular weight excluding hydrogens is 378 g/mol. The number of fused-ring (bicyclic) bond motifs is 1. The fraction of sp³-hybridized carbons (Fsp3) is 0.238. The van der Waals surface area contributed by atoms with Gasteiger partial charge in [0.1, 0.15) is 5.70 Å². The predicted molar refractivity (Wildman–Crippen MR) is 104 cm³/mol. The van der Waals surface area contributed by atoms with Crippen molar-refractivity contribution < 1.29 is 22.7 Å². The molecule has 3 rings (SSSR count). The standard InChI is InChI=1S/C21H21NO5S/c1-3-13-22-20(15(2)23)21(17-11-7-8-12-18(17)28(22,25)26)27-19(24)14-16-9-5-4-6-10-16/h4-12H,3,13-14H2,1-2H3. The first-order chi connectivity index (χ1) is 13.4. The lowest BCUT2D eigenvalue weighted by Gasteiger charge is -2.32. The Bertz CT molecular complexity index is 1040. The van der Waals surface area contributed by atoms with Crippen molar-refractivity contribution in [1.29, 1.82) is 0 Å². The second-order valence-electron chi connectivity index (χ2n) is 6.44. The van der Waals surface area contributed by atoms with Gasteiger partial charge in [0.05, 0.1) is 11.3 Å². The van der Waals surface area contributed by atoms with E-state index in [-0.39, 0.29) is 34.9 Å². The highest BCUT2D eigenvalue weighted by Crippen LogP contribution is 2.38.